The highest BCUT2D eigenvalue weighted by molar-refractivity contribution is 6.30. The van der Waals surface area contributed by atoms with Crippen molar-refractivity contribution in [1.82, 2.24) is 15.1 Å². The molecule has 1 fully saturated rings. The molecule has 3 amide bonds. The summed E-state index contributed by atoms with van der Waals surface area (Å²) in [5, 5.41) is 3.07. The maximum absolute atomic E-state index is 12.4. The van der Waals surface area contributed by atoms with Crippen LogP contribution in [-0.4, -0.2) is 72.6 Å². The summed E-state index contributed by atoms with van der Waals surface area (Å²) in [6.07, 6.45) is 0.0297. The summed E-state index contributed by atoms with van der Waals surface area (Å²) in [6.45, 7) is 6.95. The molecule has 1 N–H and O–H groups in total. The second kappa shape index (κ2) is 10.3. The third-order valence-electron chi connectivity index (χ3n) is 4.16. The lowest BCUT2D eigenvalue weighted by atomic mass is 10.2. The van der Waals surface area contributed by atoms with E-state index in [4.69, 9.17) is 21.1 Å². The lowest BCUT2D eigenvalue weighted by molar-refractivity contribution is -0.134. The average molecular weight is 426 g/mol. The number of rotatable bonds is 5. The molecule has 0 unspecified atom stereocenters. The van der Waals surface area contributed by atoms with E-state index in [1.807, 2.05) is 0 Å². The predicted molar refractivity (Wildman–Crippen MR) is 109 cm³/mol. The van der Waals surface area contributed by atoms with Gasteiger partial charge < -0.3 is 24.6 Å². The van der Waals surface area contributed by atoms with Crippen LogP contribution < -0.4 is 10.1 Å². The van der Waals surface area contributed by atoms with E-state index in [1.54, 1.807) is 54.8 Å². The molecule has 0 aliphatic carbocycles. The van der Waals surface area contributed by atoms with Gasteiger partial charge in [-0.15, -0.1) is 0 Å². The number of hydrogen-bond donors (Lipinski definition) is 1. The van der Waals surface area contributed by atoms with E-state index in [-0.39, 0.29) is 25.0 Å². The van der Waals surface area contributed by atoms with Crippen molar-refractivity contribution in [3.05, 3.63) is 29.3 Å². The van der Waals surface area contributed by atoms with Crippen molar-refractivity contribution in [1.29, 1.82) is 0 Å². The summed E-state index contributed by atoms with van der Waals surface area (Å²) in [5.74, 6) is 0.228. The number of ether oxygens (including phenoxy) is 2. The Morgan fingerprint density at radius 2 is 1.59 bits per heavy atom. The number of halogens is 1. The van der Waals surface area contributed by atoms with Crippen molar-refractivity contribution >= 4 is 29.5 Å². The van der Waals surface area contributed by atoms with Crippen LogP contribution in [-0.2, 0) is 14.3 Å². The summed E-state index contributed by atoms with van der Waals surface area (Å²) in [6, 6.07) is 6.80. The van der Waals surface area contributed by atoms with Crippen LogP contribution in [0.5, 0.6) is 5.75 Å². The molecule has 160 valence electrons. The van der Waals surface area contributed by atoms with Crippen LogP contribution >= 0.6 is 11.6 Å². The van der Waals surface area contributed by atoms with Gasteiger partial charge in [-0.2, -0.15) is 0 Å². The largest absolute Gasteiger partial charge is 0.484 e. The van der Waals surface area contributed by atoms with Crippen LogP contribution in [0.15, 0.2) is 24.3 Å². The highest BCUT2D eigenvalue weighted by atomic mass is 35.5. The van der Waals surface area contributed by atoms with E-state index in [0.29, 0.717) is 43.4 Å². The molecule has 8 nitrogen and oxygen atoms in total. The van der Waals surface area contributed by atoms with Gasteiger partial charge in [-0.3, -0.25) is 9.59 Å². The molecule has 0 aromatic heterocycles. The molecule has 1 aliphatic heterocycles. The molecule has 0 radical (unpaired) electrons. The van der Waals surface area contributed by atoms with Crippen LogP contribution in [0, 0.1) is 0 Å². The molecule has 2 rings (SSSR count). The molecular weight excluding hydrogens is 398 g/mol. The fourth-order valence-corrected chi connectivity index (χ4v) is 2.88. The molecule has 9 heteroatoms. The predicted octanol–water partition coefficient (Wildman–Crippen LogP) is 2.30. The molecule has 1 aliphatic rings. The van der Waals surface area contributed by atoms with E-state index in [1.165, 1.54) is 0 Å². The van der Waals surface area contributed by atoms with Crippen molar-refractivity contribution in [3.63, 3.8) is 0 Å². The molecule has 0 spiro atoms. The minimum atomic E-state index is -0.628. The third-order valence-corrected chi connectivity index (χ3v) is 4.41. The summed E-state index contributed by atoms with van der Waals surface area (Å²) in [7, 11) is 0. The SMILES string of the molecule is CC(C)(C)OC(=O)NCC(=O)N1CCCN(C(=O)COc2ccc(Cl)cc2)CC1. The Bertz CT molecular complexity index is 718. The zero-order valence-corrected chi connectivity index (χ0v) is 17.8. The van der Waals surface area contributed by atoms with Crippen molar-refractivity contribution in [3.8, 4) is 5.75 Å². The van der Waals surface area contributed by atoms with Gasteiger partial charge in [0.1, 0.15) is 17.9 Å². The van der Waals surface area contributed by atoms with Gasteiger partial charge >= 0.3 is 6.09 Å². The summed E-state index contributed by atoms with van der Waals surface area (Å²) < 4.78 is 10.6. The zero-order chi connectivity index (χ0) is 21.4. The van der Waals surface area contributed by atoms with Crippen LogP contribution in [0.4, 0.5) is 4.79 Å². The molecule has 1 aromatic carbocycles. The highest BCUT2D eigenvalue weighted by Gasteiger charge is 2.23. The molecule has 0 bridgehead atoms. The molecule has 0 atom stereocenters. The van der Waals surface area contributed by atoms with Gasteiger partial charge in [-0.25, -0.2) is 4.79 Å². The lowest BCUT2D eigenvalue weighted by Gasteiger charge is -2.23. The van der Waals surface area contributed by atoms with Crippen molar-refractivity contribution < 1.29 is 23.9 Å². The van der Waals surface area contributed by atoms with Gasteiger partial charge in [0.2, 0.25) is 5.91 Å². The first-order valence-corrected chi connectivity index (χ1v) is 9.92. The second-order valence-electron chi connectivity index (χ2n) is 7.71. The summed E-state index contributed by atoms with van der Waals surface area (Å²) in [5.41, 5.74) is -0.620. The number of nitrogens with zero attached hydrogens (tertiary/aromatic N) is 2. The Hall–Kier alpha value is -2.48. The quantitative estimate of drug-likeness (QED) is 0.782. The first kappa shape index (κ1) is 22.8. The van der Waals surface area contributed by atoms with Gasteiger partial charge in [0.05, 0.1) is 0 Å². The van der Waals surface area contributed by atoms with E-state index in [9.17, 15) is 14.4 Å². The van der Waals surface area contributed by atoms with Crippen LogP contribution in [0.25, 0.3) is 0 Å². The fourth-order valence-electron chi connectivity index (χ4n) is 2.76. The Morgan fingerprint density at radius 1 is 1.00 bits per heavy atom. The van der Waals surface area contributed by atoms with Crippen molar-refractivity contribution in [2.75, 3.05) is 39.3 Å². The summed E-state index contributed by atoms with van der Waals surface area (Å²) >= 11 is 5.83. The molecule has 1 heterocycles. The number of carbonyl (C=O) groups is 3. The lowest BCUT2D eigenvalue weighted by Crippen LogP contribution is -2.44. The number of amides is 3. The van der Waals surface area contributed by atoms with Gasteiger partial charge in [0, 0.05) is 31.2 Å². The van der Waals surface area contributed by atoms with E-state index < -0.39 is 11.7 Å². The van der Waals surface area contributed by atoms with Crippen LogP contribution in [0.1, 0.15) is 27.2 Å². The molecule has 1 aromatic rings. The standard InChI is InChI=1S/C20H28ClN3O5/c1-20(2,3)29-19(27)22-13-17(25)23-9-4-10-24(12-11-23)18(26)14-28-16-7-5-15(21)6-8-16/h5-8H,4,9-14H2,1-3H3,(H,22,27). The van der Waals surface area contributed by atoms with E-state index in [0.717, 1.165) is 0 Å². The Labute approximate surface area is 176 Å². The van der Waals surface area contributed by atoms with E-state index in [2.05, 4.69) is 5.32 Å². The third kappa shape index (κ3) is 8.19. The Morgan fingerprint density at radius 3 is 2.17 bits per heavy atom. The van der Waals surface area contributed by atoms with Crippen LogP contribution in [0.3, 0.4) is 0 Å². The van der Waals surface area contributed by atoms with Gasteiger partial charge in [-0.1, -0.05) is 11.6 Å². The smallest absolute Gasteiger partial charge is 0.408 e. The topological polar surface area (TPSA) is 88.2 Å². The van der Waals surface area contributed by atoms with Gasteiger partial charge in [0.25, 0.3) is 5.91 Å². The monoisotopic (exact) mass is 425 g/mol. The number of benzene rings is 1. The zero-order valence-electron chi connectivity index (χ0n) is 17.1. The maximum Gasteiger partial charge on any atom is 0.408 e. The van der Waals surface area contributed by atoms with Crippen molar-refractivity contribution in [2.45, 2.75) is 32.8 Å². The van der Waals surface area contributed by atoms with Gasteiger partial charge in [0.15, 0.2) is 6.61 Å². The Balaban J connectivity index is 1.75. The molecule has 0 saturated carbocycles. The minimum absolute atomic E-state index is 0.0736. The molecular formula is C20H28ClN3O5. The number of carbonyl (C=O) groups excluding carboxylic acids is 3. The van der Waals surface area contributed by atoms with Crippen molar-refractivity contribution in [2.24, 2.45) is 0 Å². The fraction of sp³-hybridized carbons (Fsp3) is 0.550. The second-order valence-corrected chi connectivity index (χ2v) is 8.15. The van der Waals surface area contributed by atoms with Gasteiger partial charge in [-0.05, 0) is 51.5 Å². The first-order valence-electron chi connectivity index (χ1n) is 9.55. The Kier molecular flexibility index (Phi) is 8.13. The normalized spacial score (nSPS) is 14.8. The number of nitrogens with one attached hydrogen (secondary N) is 1. The van der Waals surface area contributed by atoms with E-state index >= 15 is 0 Å². The summed E-state index contributed by atoms with van der Waals surface area (Å²) in [4.78, 5) is 39.8. The molecule has 1 saturated heterocycles. The number of hydrogen-bond acceptors (Lipinski definition) is 5. The molecule has 29 heavy (non-hydrogen) atoms. The number of alkyl carbamates (subject to hydrolysis) is 1. The maximum atomic E-state index is 12.4. The minimum Gasteiger partial charge on any atom is -0.484 e. The highest BCUT2D eigenvalue weighted by Crippen LogP contribution is 2.15. The first-order chi connectivity index (χ1) is 13.6. The van der Waals surface area contributed by atoms with Crippen LogP contribution in [0.2, 0.25) is 5.02 Å². The average Bonchev–Trinajstić information content (AvgIpc) is 2.90.